The molecule has 136 valence electrons. The van der Waals surface area contributed by atoms with Gasteiger partial charge in [0.2, 0.25) is 0 Å². The van der Waals surface area contributed by atoms with Crippen LogP contribution in [0.4, 0.5) is 0 Å². The van der Waals surface area contributed by atoms with Gasteiger partial charge in [0, 0.05) is 10.9 Å². The molecule has 3 aromatic rings. The van der Waals surface area contributed by atoms with Gasteiger partial charge in [-0.25, -0.2) is 0 Å². The number of benzene rings is 2. The molecule has 1 heterocycles. The molecule has 3 rings (SSSR count). The average molecular weight is 351 g/mol. The van der Waals surface area contributed by atoms with Gasteiger partial charge in [-0.15, -0.1) is 0 Å². The number of H-pyrrole nitrogens is 1. The predicted octanol–water partition coefficient (Wildman–Crippen LogP) is 5.20. The van der Waals surface area contributed by atoms with E-state index in [-0.39, 0.29) is 6.42 Å². The van der Waals surface area contributed by atoms with Crippen molar-refractivity contribution >= 4 is 16.9 Å². The second-order valence-electron chi connectivity index (χ2n) is 6.51. The standard InChI is InChI=1S/C22H25NO3/c1-3-5-12-26-17-10-11-20-18(13-17)19(14-21(24)25)22(23-20)16-8-6-15(4-2)7-9-16/h6-11,13,23H,3-5,12,14H2,1-2H3,(H,24,25). The smallest absolute Gasteiger partial charge is 0.307 e. The van der Waals surface area contributed by atoms with Crippen LogP contribution in [0.3, 0.4) is 0 Å². The van der Waals surface area contributed by atoms with Gasteiger partial charge in [-0.05, 0) is 47.7 Å². The van der Waals surface area contributed by atoms with Gasteiger partial charge in [0.25, 0.3) is 0 Å². The fraction of sp³-hybridized carbons (Fsp3) is 0.318. The normalized spacial score (nSPS) is 11.0. The first-order chi connectivity index (χ1) is 12.6. The van der Waals surface area contributed by atoms with Crippen LogP contribution in [-0.4, -0.2) is 22.7 Å². The zero-order chi connectivity index (χ0) is 18.5. The van der Waals surface area contributed by atoms with Crippen LogP contribution in [0.25, 0.3) is 22.2 Å². The number of ether oxygens (including phenoxy) is 1. The summed E-state index contributed by atoms with van der Waals surface area (Å²) in [4.78, 5) is 14.8. The Kier molecular flexibility index (Phi) is 5.61. The number of aliphatic carboxylic acids is 1. The Morgan fingerprint density at radius 1 is 1.12 bits per heavy atom. The van der Waals surface area contributed by atoms with Crippen molar-refractivity contribution in [2.75, 3.05) is 6.61 Å². The molecular weight excluding hydrogens is 326 g/mol. The van der Waals surface area contributed by atoms with Crippen molar-refractivity contribution in [2.45, 2.75) is 39.5 Å². The molecule has 0 aliphatic carbocycles. The molecule has 0 unspecified atom stereocenters. The molecule has 0 saturated heterocycles. The van der Waals surface area contributed by atoms with Crippen LogP contribution in [0.15, 0.2) is 42.5 Å². The number of carboxylic acids is 1. The molecule has 2 aromatic carbocycles. The molecule has 2 N–H and O–H groups in total. The van der Waals surface area contributed by atoms with E-state index in [1.165, 1.54) is 5.56 Å². The summed E-state index contributed by atoms with van der Waals surface area (Å²) in [6.45, 7) is 4.92. The van der Waals surface area contributed by atoms with Crippen LogP contribution < -0.4 is 4.74 Å². The number of aryl methyl sites for hydroxylation is 1. The zero-order valence-electron chi connectivity index (χ0n) is 15.3. The first kappa shape index (κ1) is 18.1. The van der Waals surface area contributed by atoms with E-state index >= 15 is 0 Å². The summed E-state index contributed by atoms with van der Waals surface area (Å²) in [5.74, 6) is -0.0564. The van der Waals surface area contributed by atoms with Crippen LogP contribution in [0.2, 0.25) is 0 Å². The van der Waals surface area contributed by atoms with Gasteiger partial charge < -0.3 is 14.8 Å². The highest BCUT2D eigenvalue weighted by molar-refractivity contribution is 5.94. The second kappa shape index (κ2) is 8.09. The van der Waals surface area contributed by atoms with Gasteiger partial charge in [0.15, 0.2) is 0 Å². The van der Waals surface area contributed by atoms with Gasteiger partial charge >= 0.3 is 5.97 Å². The highest BCUT2D eigenvalue weighted by atomic mass is 16.5. The van der Waals surface area contributed by atoms with Crippen molar-refractivity contribution in [2.24, 2.45) is 0 Å². The van der Waals surface area contributed by atoms with Crippen LogP contribution in [0.1, 0.15) is 37.8 Å². The number of fused-ring (bicyclic) bond motifs is 1. The summed E-state index contributed by atoms with van der Waals surface area (Å²) < 4.78 is 5.80. The van der Waals surface area contributed by atoms with Gasteiger partial charge in [-0.3, -0.25) is 4.79 Å². The van der Waals surface area contributed by atoms with Crippen molar-refractivity contribution in [3.63, 3.8) is 0 Å². The third kappa shape index (κ3) is 3.90. The van der Waals surface area contributed by atoms with Crippen molar-refractivity contribution in [3.8, 4) is 17.0 Å². The van der Waals surface area contributed by atoms with E-state index in [0.717, 1.165) is 52.7 Å². The Morgan fingerprint density at radius 2 is 1.88 bits per heavy atom. The summed E-state index contributed by atoms with van der Waals surface area (Å²) in [7, 11) is 0. The minimum Gasteiger partial charge on any atom is -0.494 e. The van der Waals surface area contributed by atoms with Gasteiger partial charge in [0.1, 0.15) is 5.75 Å². The molecule has 0 spiro atoms. The summed E-state index contributed by atoms with van der Waals surface area (Å²) in [5.41, 5.74) is 4.87. The number of unbranched alkanes of at least 4 members (excludes halogenated alkanes) is 1. The summed E-state index contributed by atoms with van der Waals surface area (Å²) in [6, 6.07) is 14.1. The molecule has 0 saturated carbocycles. The quantitative estimate of drug-likeness (QED) is 0.548. The summed E-state index contributed by atoms with van der Waals surface area (Å²) >= 11 is 0. The molecule has 0 bridgehead atoms. The summed E-state index contributed by atoms with van der Waals surface area (Å²) in [6.07, 6.45) is 3.04. The number of nitrogens with one attached hydrogen (secondary N) is 1. The lowest BCUT2D eigenvalue weighted by Crippen LogP contribution is -2.01. The maximum Gasteiger partial charge on any atom is 0.307 e. The van der Waals surface area contributed by atoms with Crippen molar-refractivity contribution in [1.82, 2.24) is 4.98 Å². The number of hydrogen-bond acceptors (Lipinski definition) is 2. The zero-order valence-corrected chi connectivity index (χ0v) is 15.3. The molecule has 0 radical (unpaired) electrons. The van der Waals surface area contributed by atoms with Crippen LogP contribution in [0.5, 0.6) is 5.75 Å². The maximum atomic E-state index is 11.4. The molecule has 0 fully saturated rings. The third-order valence-electron chi connectivity index (χ3n) is 4.62. The molecule has 0 atom stereocenters. The molecule has 26 heavy (non-hydrogen) atoms. The third-order valence-corrected chi connectivity index (χ3v) is 4.62. The van der Waals surface area contributed by atoms with E-state index in [2.05, 4.69) is 31.0 Å². The largest absolute Gasteiger partial charge is 0.494 e. The number of carboxylic acid groups (broad SMARTS) is 1. The fourth-order valence-corrected chi connectivity index (χ4v) is 3.14. The van der Waals surface area contributed by atoms with E-state index in [0.29, 0.717) is 6.61 Å². The van der Waals surface area contributed by atoms with E-state index in [1.807, 2.05) is 30.3 Å². The number of hydrogen-bond donors (Lipinski definition) is 2. The van der Waals surface area contributed by atoms with Crippen LogP contribution in [0, 0.1) is 0 Å². The van der Waals surface area contributed by atoms with Crippen molar-refractivity contribution in [3.05, 3.63) is 53.6 Å². The lowest BCUT2D eigenvalue weighted by Gasteiger charge is -2.06. The lowest BCUT2D eigenvalue weighted by molar-refractivity contribution is -0.136. The van der Waals surface area contributed by atoms with Crippen molar-refractivity contribution < 1.29 is 14.6 Å². The van der Waals surface area contributed by atoms with Crippen molar-refractivity contribution in [1.29, 1.82) is 0 Å². The number of aromatic amines is 1. The minimum atomic E-state index is -0.838. The Labute approximate surface area is 153 Å². The van der Waals surface area contributed by atoms with Gasteiger partial charge in [-0.1, -0.05) is 44.5 Å². The molecule has 1 aromatic heterocycles. The molecule has 4 nitrogen and oxygen atoms in total. The minimum absolute atomic E-state index is 0.0245. The topological polar surface area (TPSA) is 62.3 Å². The first-order valence-corrected chi connectivity index (χ1v) is 9.20. The Balaban J connectivity index is 2.04. The number of rotatable bonds is 8. The molecule has 4 heteroatoms. The number of carbonyl (C=O) groups is 1. The molecule has 0 amide bonds. The van der Waals surface area contributed by atoms with E-state index < -0.39 is 5.97 Å². The van der Waals surface area contributed by atoms with Crippen LogP contribution in [-0.2, 0) is 17.6 Å². The van der Waals surface area contributed by atoms with E-state index in [9.17, 15) is 9.90 Å². The molecular formula is C22H25NO3. The maximum absolute atomic E-state index is 11.4. The average Bonchev–Trinajstić information content (AvgIpc) is 2.99. The Morgan fingerprint density at radius 3 is 2.54 bits per heavy atom. The first-order valence-electron chi connectivity index (χ1n) is 9.20. The Hall–Kier alpha value is -2.75. The highest BCUT2D eigenvalue weighted by Crippen LogP contribution is 2.33. The Bertz CT molecular complexity index is 894. The molecule has 0 aliphatic rings. The van der Waals surface area contributed by atoms with Crippen LogP contribution >= 0.6 is 0 Å². The highest BCUT2D eigenvalue weighted by Gasteiger charge is 2.16. The SMILES string of the molecule is CCCCOc1ccc2[nH]c(-c3ccc(CC)cc3)c(CC(=O)O)c2c1. The van der Waals surface area contributed by atoms with E-state index in [1.54, 1.807) is 0 Å². The summed E-state index contributed by atoms with van der Waals surface area (Å²) in [5, 5.41) is 10.3. The predicted molar refractivity (Wildman–Crippen MR) is 105 cm³/mol. The van der Waals surface area contributed by atoms with Gasteiger partial charge in [0.05, 0.1) is 18.7 Å². The second-order valence-corrected chi connectivity index (χ2v) is 6.51. The lowest BCUT2D eigenvalue weighted by atomic mass is 10.0. The van der Waals surface area contributed by atoms with E-state index in [4.69, 9.17) is 4.74 Å². The monoisotopic (exact) mass is 351 g/mol. The van der Waals surface area contributed by atoms with Gasteiger partial charge in [-0.2, -0.15) is 0 Å². The number of aromatic nitrogens is 1. The molecule has 0 aliphatic heterocycles. The fourth-order valence-electron chi connectivity index (χ4n) is 3.14.